The van der Waals surface area contributed by atoms with Gasteiger partial charge in [-0.25, -0.2) is 0 Å². The molecule has 0 N–H and O–H groups in total. The zero-order valence-electron chi connectivity index (χ0n) is 7.17. The second-order valence-corrected chi connectivity index (χ2v) is 4.16. The molecule has 0 heteroatoms. The minimum atomic E-state index is 0.571. The molecule has 0 heterocycles. The van der Waals surface area contributed by atoms with E-state index in [2.05, 4.69) is 44.2 Å². The lowest BCUT2D eigenvalue weighted by Gasteiger charge is -2.01. The zero-order valence-corrected chi connectivity index (χ0v) is 7.17. The van der Waals surface area contributed by atoms with Crippen LogP contribution in [0.1, 0.15) is 31.7 Å². The third-order valence-electron chi connectivity index (χ3n) is 2.72. The first-order chi connectivity index (χ1) is 5.20. The van der Waals surface area contributed by atoms with Crippen molar-refractivity contribution in [2.24, 2.45) is 5.41 Å². The summed E-state index contributed by atoms with van der Waals surface area (Å²) in [5.41, 5.74) is 2.08. The van der Waals surface area contributed by atoms with Gasteiger partial charge in [-0.3, -0.25) is 0 Å². The summed E-state index contributed by atoms with van der Waals surface area (Å²) < 4.78 is 0. The van der Waals surface area contributed by atoms with E-state index in [1.807, 2.05) is 0 Å². The standard InChI is InChI=1S/C11H14/c1-11(2)8-10(11)9-6-4-3-5-7-9/h3-7,10H,8H2,1-2H3. The molecule has 0 spiro atoms. The molecule has 1 fully saturated rings. The van der Waals surface area contributed by atoms with Crippen LogP contribution >= 0.6 is 0 Å². The molecule has 11 heavy (non-hydrogen) atoms. The van der Waals surface area contributed by atoms with Gasteiger partial charge in [0.2, 0.25) is 0 Å². The molecule has 0 radical (unpaired) electrons. The Labute approximate surface area is 68.3 Å². The van der Waals surface area contributed by atoms with Crippen LogP contribution in [0.3, 0.4) is 0 Å². The van der Waals surface area contributed by atoms with Crippen LogP contribution in [0.25, 0.3) is 0 Å². The van der Waals surface area contributed by atoms with Crippen molar-refractivity contribution in [1.82, 2.24) is 0 Å². The van der Waals surface area contributed by atoms with Gasteiger partial charge in [-0.1, -0.05) is 44.2 Å². The van der Waals surface area contributed by atoms with Crippen molar-refractivity contribution in [3.8, 4) is 0 Å². The molecular weight excluding hydrogens is 132 g/mol. The monoisotopic (exact) mass is 146 g/mol. The van der Waals surface area contributed by atoms with E-state index in [0.29, 0.717) is 5.41 Å². The Hall–Kier alpha value is -0.780. The van der Waals surface area contributed by atoms with Gasteiger partial charge in [0.15, 0.2) is 0 Å². The number of rotatable bonds is 1. The van der Waals surface area contributed by atoms with E-state index in [4.69, 9.17) is 0 Å². The van der Waals surface area contributed by atoms with Crippen molar-refractivity contribution in [1.29, 1.82) is 0 Å². The summed E-state index contributed by atoms with van der Waals surface area (Å²) in [4.78, 5) is 0. The molecule has 1 aromatic rings. The molecule has 0 nitrogen and oxygen atoms in total. The largest absolute Gasteiger partial charge is 0.0622 e. The van der Waals surface area contributed by atoms with Crippen LogP contribution in [0.5, 0.6) is 0 Å². The molecule has 0 bridgehead atoms. The molecule has 58 valence electrons. The van der Waals surface area contributed by atoms with Crippen LogP contribution in [0.2, 0.25) is 0 Å². The summed E-state index contributed by atoms with van der Waals surface area (Å²) in [6, 6.07) is 10.8. The predicted octanol–water partition coefficient (Wildman–Crippen LogP) is 3.20. The van der Waals surface area contributed by atoms with Gasteiger partial charge in [0, 0.05) is 0 Å². The maximum absolute atomic E-state index is 2.34. The van der Waals surface area contributed by atoms with Crippen molar-refractivity contribution >= 4 is 0 Å². The Morgan fingerprint density at radius 1 is 1.18 bits per heavy atom. The molecule has 2 rings (SSSR count). The van der Waals surface area contributed by atoms with Crippen LogP contribution < -0.4 is 0 Å². The summed E-state index contributed by atoms with van der Waals surface area (Å²) in [5.74, 6) is 0.823. The smallest absolute Gasteiger partial charge is 0.0105 e. The first-order valence-electron chi connectivity index (χ1n) is 4.25. The fourth-order valence-corrected chi connectivity index (χ4v) is 1.72. The molecule has 0 amide bonds. The number of benzene rings is 1. The van der Waals surface area contributed by atoms with Crippen LogP contribution in [0.15, 0.2) is 30.3 Å². The summed E-state index contributed by atoms with van der Waals surface area (Å²) >= 11 is 0. The first kappa shape index (κ1) is 6.90. The highest BCUT2D eigenvalue weighted by Crippen LogP contribution is 2.58. The maximum Gasteiger partial charge on any atom is -0.0105 e. The Morgan fingerprint density at radius 3 is 2.18 bits per heavy atom. The molecule has 1 atom stereocenters. The molecule has 1 aliphatic carbocycles. The summed E-state index contributed by atoms with van der Waals surface area (Å²) in [6.45, 7) is 4.68. The highest BCUT2D eigenvalue weighted by Gasteiger charge is 2.46. The summed E-state index contributed by atoms with van der Waals surface area (Å²) in [6.07, 6.45) is 1.36. The van der Waals surface area contributed by atoms with E-state index in [9.17, 15) is 0 Å². The zero-order chi connectivity index (χ0) is 7.90. The van der Waals surface area contributed by atoms with E-state index < -0.39 is 0 Å². The van der Waals surface area contributed by atoms with Crippen molar-refractivity contribution in [3.63, 3.8) is 0 Å². The van der Waals surface area contributed by atoms with Gasteiger partial charge < -0.3 is 0 Å². The van der Waals surface area contributed by atoms with Gasteiger partial charge in [0.25, 0.3) is 0 Å². The molecule has 1 aliphatic rings. The molecule has 1 aromatic carbocycles. The molecule has 0 aliphatic heterocycles. The van der Waals surface area contributed by atoms with Gasteiger partial charge in [-0.2, -0.15) is 0 Å². The lowest BCUT2D eigenvalue weighted by Crippen LogP contribution is -1.88. The van der Waals surface area contributed by atoms with E-state index >= 15 is 0 Å². The average Bonchev–Trinajstić information content (AvgIpc) is 2.62. The van der Waals surface area contributed by atoms with Crippen LogP contribution in [0, 0.1) is 5.41 Å². The quantitative estimate of drug-likeness (QED) is 0.570. The Morgan fingerprint density at radius 2 is 1.73 bits per heavy atom. The van der Waals surface area contributed by atoms with E-state index in [-0.39, 0.29) is 0 Å². The lowest BCUT2D eigenvalue weighted by atomic mass is 10.0. The molecule has 0 saturated heterocycles. The normalized spacial score (nSPS) is 26.5. The second-order valence-electron chi connectivity index (χ2n) is 4.16. The highest BCUT2D eigenvalue weighted by atomic mass is 14.5. The summed E-state index contributed by atoms with van der Waals surface area (Å²) in [7, 11) is 0. The first-order valence-corrected chi connectivity index (χ1v) is 4.25. The van der Waals surface area contributed by atoms with Crippen molar-refractivity contribution in [2.75, 3.05) is 0 Å². The van der Waals surface area contributed by atoms with Gasteiger partial charge in [0.1, 0.15) is 0 Å². The van der Waals surface area contributed by atoms with Gasteiger partial charge in [0.05, 0.1) is 0 Å². The van der Waals surface area contributed by atoms with Crippen molar-refractivity contribution in [3.05, 3.63) is 35.9 Å². The van der Waals surface area contributed by atoms with Crippen LogP contribution in [-0.4, -0.2) is 0 Å². The van der Waals surface area contributed by atoms with E-state index in [0.717, 1.165) is 5.92 Å². The van der Waals surface area contributed by atoms with Crippen molar-refractivity contribution in [2.45, 2.75) is 26.2 Å². The second kappa shape index (κ2) is 2.10. The fraction of sp³-hybridized carbons (Fsp3) is 0.455. The highest BCUT2D eigenvalue weighted by molar-refractivity contribution is 5.27. The van der Waals surface area contributed by atoms with Gasteiger partial charge in [-0.15, -0.1) is 0 Å². The third-order valence-corrected chi connectivity index (χ3v) is 2.72. The van der Waals surface area contributed by atoms with E-state index in [1.165, 1.54) is 12.0 Å². The SMILES string of the molecule is CC1(C)CC1c1ccccc1. The minimum Gasteiger partial charge on any atom is -0.0622 e. The van der Waals surface area contributed by atoms with Gasteiger partial charge >= 0.3 is 0 Å². The predicted molar refractivity (Wildman–Crippen MR) is 47.6 cm³/mol. The topological polar surface area (TPSA) is 0 Å². The van der Waals surface area contributed by atoms with Crippen LogP contribution in [-0.2, 0) is 0 Å². The Kier molecular flexibility index (Phi) is 1.32. The molecule has 1 saturated carbocycles. The lowest BCUT2D eigenvalue weighted by molar-refractivity contribution is 0.622. The number of hydrogen-bond acceptors (Lipinski definition) is 0. The minimum absolute atomic E-state index is 0.571. The molecule has 0 aromatic heterocycles. The fourth-order valence-electron chi connectivity index (χ4n) is 1.72. The third kappa shape index (κ3) is 1.18. The maximum atomic E-state index is 2.34. The molecular formula is C11H14. The Bertz CT molecular complexity index is 246. The van der Waals surface area contributed by atoms with Crippen LogP contribution in [0.4, 0.5) is 0 Å². The van der Waals surface area contributed by atoms with Crippen molar-refractivity contribution < 1.29 is 0 Å². The Balaban J connectivity index is 2.21. The number of hydrogen-bond donors (Lipinski definition) is 0. The van der Waals surface area contributed by atoms with Gasteiger partial charge in [-0.05, 0) is 23.3 Å². The van der Waals surface area contributed by atoms with E-state index in [1.54, 1.807) is 0 Å². The summed E-state index contributed by atoms with van der Waals surface area (Å²) in [5, 5.41) is 0. The molecule has 1 unspecified atom stereocenters. The average molecular weight is 146 g/mol.